The number of carboxylic acid groups (broad SMARTS) is 1. The molecule has 17 heavy (non-hydrogen) atoms. The maximum absolute atomic E-state index is 11.6. The first-order chi connectivity index (χ1) is 7.84. The van der Waals surface area contributed by atoms with E-state index >= 15 is 0 Å². The maximum atomic E-state index is 11.6. The standard InChI is InChI=1S/C10H17N3O4/c11-6(4-7(12)14)9(17)13-10(2-1-3-10)5-8(15)16/h6H,1-5,11H2,(H2,12,14)(H,13,17)(H,15,16). The summed E-state index contributed by atoms with van der Waals surface area (Å²) in [6.45, 7) is 0. The fraction of sp³-hybridized carbons (Fsp3) is 0.700. The lowest BCUT2D eigenvalue weighted by Gasteiger charge is -2.42. The van der Waals surface area contributed by atoms with Gasteiger partial charge >= 0.3 is 5.97 Å². The largest absolute Gasteiger partial charge is 0.481 e. The molecule has 0 radical (unpaired) electrons. The van der Waals surface area contributed by atoms with Gasteiger partial charge in [0.1, 0.15) is 0 Å². The second-order valence-corrected chi connectivity index (χ2v) is 4.47. The van der Waals surface area contributed by atoms with Crippen LogP contribution in [0.25, 0.3) is 0 Å². The molecular weight excluding hydrogens is 226 g/mol. The van der Waals surface area contributed by atoms with Crippen LogP contribution in [0.2, 0.25) is 0 Å². The summed E-state index contributed by atoms with van der Waals surface area (Å²) in [4.78, 5) is 32.9. The SMILES string of the molecule is NC(=O)CC(N)C(=O)NC1(CC(=O)O)CCC1. The summed E-state index contributed by atoms with van der Waals surface area (Å²) in [6, 6.07) is -1.02. The van der Waals surface area contributed by atoms with Crippen LogP contribution in [-0.4, -0.2) is 34.5 Å². The van der Waals surface area contributed by atoms with Crippen LogP contribution in [0.3, 0.4) is 0 Å². The number of amides is 2. The normalized spacial score (nSPS) is 18.9. The van der Waals surface area contributed by atoms with Crippen LogP contribution in [-0.2, 0) is 14.4 Å². The molecule has 0 saturated heterocycles. The molecular formula is C10H17N3O4. The number of carboxylic acids is 1. The Balaban J connectivity index is 2.53. The zero-order valence-corrected chi connectivity index (χ0v) is 9.44. The van der Waals surface area contributed by atoms with Crippen LogP contribution in [0.5, 0.6) is 0 Å². The summed E-state index contributed by atoms with van der Waals surface area (Å²) in [6.07, 6.45) is 1.75. The predicted molar refractivity (Wildman–Crippen MR) is 58.8 cm³/mol. The summed E-state index contributed by atoms with van der Waals surface area (Å²) in [7, 11) is 0. The fourth-order valence-corrected chi connectivity index (χ4v) is 1.90. The number of primary amides is 1. The van der Waals surface area contributed by atoms with Gasteiger partial charge < -0.3 is 21.9 Å². The number of hydrogen-bond donors (Lipinski definition) is 4. The third-order valence-electron chi connectivity index (χ3n) is 2.95. The van der Waals surface area contributed by atoms with Crippen LogP contribution in [0.4, 0.5) is 0 Å². The Kier molecular flexibility index (Phi) is 4.06. The molecule has 0 bridgehead atoms. The smallest absolute Gasteiger partial charge is 0.305 e. The van der Waals surface area contributed by atoms with Crippen molar-refractivity contribution in [2.45, 2.75) is 43.7 Å². The molecule has 96 valence electrons. The average molecular weight is 243 g/mol. The van der Waals surface area contributed by atoms with Gasteiger partial charge in [0, 0.05) is 0 Å². The van der Waals surface area contributed by atoms with Crippen molar-refractivity contribution in [3.05, 3.63) is 0 Å². The highest BCUT2D eigenvalue weighted by Gasteiger charge is 2.41. The molecule has 0 heterocycles. The Morgan fingerprint density at radius 3 is 2.29 bits per heavy atom. The number of nitrogens with two attached hydrogens (primary N) is 2. The summed E-state index contributed by atoms with van der Waals surface area (Å²) in [5.74, 6) is -2.15. The van der Waals surface area contributed by atoms with Gasteiger partial charge in [-0.15, -0.1) is 0 Å². The molecule has 0 aromatic heterocycles. The van der Waals surface area contributed by atoms with Crippen LogP contribution in [0.15, 0.2) is 0 Å². The Hall–Kier alpha value is -1.63. The highest BCUT2D eigenvalue weighted by Crippen LogP contribution is 2.34. The van der Waals surface area contributed by atoms with E-state index in [1.165, 1.54) is 0 Å². The summed E-state index contributed by atoms with van der Waals surface area (Å²) >= 11 is 0. The molecule has 1 saturated carbocycles. The third kappa shape index (κ3) is 3.70. The van der Waals surface area contributed by atoms with Crippen LogP contribution in [0.1, 0.15) is 32.1 Å². The summed E-state index contributed by atoms with van der Waals surface area (Å²) < 4.78 is 0. The molecule has 1 fully saturated rings. The molecule has 1 rings (SSSR count). The predicted octanol–water partition coefficient (Wildman–Crippen LogP) is -1.30. The van der Waals surface area contributed by atoms with E-state index in [1.54, 1.807) is 0 Å². The molecule has 6 N–H and O–H groups in total. The fourth-order valence-electron chi connectivity index (χ4n) is 1.90. The van der Waals surface area contributed by atoms with Gasteiger partial charge in [-0.05, 0) is 19.3 Å². The van der Waals surface area contributed by atoms with Crippen molar-refractivity contribution in [3.63, 3.8) is 0 Å². The monoisotopic (exact) mass is 243 g/mol. The van der Waals surface area contributed by atoms with E-state index in [2.05, 4.69) is 5.32 Å². The molecule has 2 amide bonds. The maximum Gasteiger partial charge on any atom is 0.305 e. The van der Waals surface area contributed by atoms with Gasteiger partial charge in [-0.2, -0.15) is 0 Å². The van der Waals surface area contributed by atoms with Crippen molar-refractivity contribution in [3.8, 4) is 0 Å². The highest BCUT2D eigenvalue weighted by molar-refractivity contribution is 5.88. The molecule has 0 aromatic rings. The van der Waals surface area contributed by atoms with E-state index in [0.29, 0.717) is 12.8 Å². The van der Waals surface area contributed by atoms with Gasteiger partial charge in [0.05, 0.1) is 24.4 Å². The minimum Gasteiger partial charge on any atom is -0.481 e. The van der Waals surface area contributed by atoms with E-state index in [9.17, 15) is 14.4 Å². The summed E-state index contributed by atoms with van der Waals surface area (Å²) in [5.41, 5.74) is 9.71. The number of rotatable bonds is 6. The zero-order chi connectivity index (χ0) is 13.1. The Morgan fingerprint density at radius 1 is 1.35 bits per heavy atom. The van der Waals surface area contributed by atoms with Crippen molar-refractivity contribution in [2.24, 2.45) is 11.5 Å². The number of carbonyl (C=O) groups is 3. The Bertz CT molecular complexity index is 338. The minimum atomic E-state index is -1.02. The molecule has 1 atom stereocenters. The van der Waals surface area contributed by atoms with Gasteiger partial charge in [0.25, 0.3) is 0 Å². The molecule has 1 aliphatic rings. The lowest BCUT2D eigenvalue weighted by Crippen LogP contribution is -2.58. The topological polar surface area (TPSA) is 136 Å². The third-order valence-corrected chi connectivity index (χ3v) is 2.95. The molecule has 7 heteroatoms. The van der Waals surface area contributed by atoms with Crippen LogP contribution < -0.4 is 16.8 Å². The molecule has 7 nitrogen and oxygen atoms in total. The highest BCUT2D eigenvalue weighted by atomic mass is 16.4. The molecule has 1 aliphatic carbocycles. The zero-order valence-electron chi connectivity index (χ0n) is 9.44. The first-order valence-corrected chi connectivity index (χ1v) is 5.42. The van der Waals surface area contributed by atoms with E-state index in [1.807, 2.05) is 0 Å². The second kappa shape index (κ2) is 5.13. The van der Waals surface area contributed by atoms with Crippen molar-refractivity contribution >= 4 is 17.8 Å². The number of hydrogen-bond acceptors (Lipinski definition) is 4. The Morgan fingerprint density at radius 2 is 1.94 bits per heavy atom. The van der Waals surface area contributed by atoms with E-state index in [0.717, 1.165) is 6.42 Å². The number of nitrogens with one attached hydrogen (secondary N) is 1. The average Bonchev–Trinajstić information content (AvgIpc) is 2.12. The first-order valence-electron chi connectivity index (χ1n) is 5.42. The Labute approximate surface area is 98.5 Å². The minimum absolute atomic E-state index is 0.123. The quantitative estimate of drug-likeness (QED) is 0.460. The molecule has 0 aromatic carbocycles. The lowest BCUT2D eigenvalue weighted by molar-refractivity contribution is -0.140. The van der Waals surface area contributed by atoms with Gasteiger partial charge in [-0.1, -0.05) is 0 Å². The van der Waals surface area contributed by atoms with Crippen molar-refractivity contribution in [2.75, 3.05) is 0 Å². The summed E-state index contributed by atoms with van der Waals surface area (Å²) in [5, 5.41) is 11.4. The van der Waals surface area contributed by atoms with Gasteiger partial charge in [0.2, 0.25) is 11.8 Å². The van der Waals surface area contributed by atoms with Crippen LogP contribution in [0, 0.1) is 0 Å². The van der Waals surface area contributed by atoms with Crippen molar-refractivity contribution in [1.29, 1.82) is 0 Å². The van der Waals surface area contributed by atoms with Gasteiger partial charge in [0.15, 0.2) is 0 Å². The van der Waals surface area contributed by atoms with Gasteiger partial charge in [-0.25, -0.2) is 0 Å². The molecule has 0 aliphatic heterocycles. The van der Waals surface area contributed by atoms with Gasteiger partial charge in [-0.3, -0.25) is 14.4 Å². The van der Waals surface area contributed by atoms with E-state index in [4.69, 9.17) is 16.6 Å². The van der Waals surface area contributed by atoms with E-state index in [-0.39, 0.29) is 12.8 Å². The number of aliphatic carboxylic acids is 1. The van der Waals surface area contributed by atoms with Crippen molar-refractivity contribution in [1.82, 2.24) is 5.32 Å². The molecule has 0 spiro atoms. The van der Waals surface area contributed by atoms with E-state index < -0.39 is 29.4 Å². The van der Waals surface area contributed by atoms with Crippen molar-refractivity contribution < 1.29 is 19.5 Å². The second-order valence-electron chi connectivity index (χ2n) is 4.47. The van der Waals surface area contributed by atoms with Crippen LogP contribution >= 0.6 is 0 Å². The lowest BCUT2D eigenvalue weighted by atomic mass is 9.74. The number of carbonyl (C=O) groups excluding carboxylic acids is 2. The molecule has 1 unspecified atom stereocenters. The first kappa shape index (κ1) is 13.4.